The number of fused-ring (bicyclic) bond motifs is 1. The number of pyridine rings is 1. The van der Waals surface area contributed by atoms with Crippen LogP contribution in [-0.4, -0.2) is 60.9 Å². The number of amides is 1. The minimum atomic E-state index is -2.76. The Morgan fingerprint density at radius 3 is 2.70 bits per heavy atom. The first kappa shape index (κ1) is 23.2. The van der Waals surface area contributed by atoms with E-state index in [9.17, 15) is 23.1 Å². The maximum absolute atomic E-state index is 14.1. The Bertz CT molecular complexity index is 1190. The fourth-order valence-electron chi connectivity index (χ4n) is 3.43. The van der Waals surface area contributed by atoms with Gasteiger partial charge in [0.1, 0.15) is 11.9 Å². The lowest BCUT2D eigenvalue weighted by Crippen LogP contribution is -2.45. The molecule has 0 bridgehead atoms. The van der Waals surface area contributed by atoms with Crippen molar-refractivity contribution in [2.24, 2.45) is 0 Å². The van der Waals surface area contributed by atoms with E-state index >= 15 is 0 Å². The minimum Gasteiger partial charge on any atom is -0.387 e. The second-order valence-electron chi connectivity index (χ2n) is 8.64. The standard InChI is InChI=1S/C21H22ClF3N6O2/c1-20(2,33)17(23)10-28-19(32)13-8-26-15(4-14(13)30-12-5-21(24,25)6-12)16-9-27-18-3-11(22)7-29-31(16)18/h3-4,7-9,12,17,33H,5-6,10H2,1-2H3,(H,26,30)(H,28,32)/t17-/m1/s1. The van der Waals surface area contributed by atoms with Gasteiger partial charge in [-0.2, -0.15) is 5.10 Å². The van der Waals surface area contributed by atoms with Gasteiger partial charge in [-0.3, -0.25) is 9.78 Å². The van der Waals surface area contributed by atoms with Crippen molar-refractivity contribution >= 4 is 28.8 Å². The van der Waals surface area contributed by atoms with E-state index in [4.69, 9.17) is 11.6 Å². The average molecular weight is 483 g/mol. The van der Waals surface area contributed by atoms with Crippen LogP contribution in [0.2, 0.25) is 5.02 Å². The third-order valence-electron chi connectivity index (χ3n) is 5.40. The van der Waals surface area contributed by atoms with Crippen LogP contribution in [0, 0.1) is 0 Å². The summed E-state index contributed by atoms with van der Waals surface area (Å²) < 4.78 is 42.3. The number of hydrogen-bond acceptors (Lipinski definition) is 6. The smallest absolute Gasteiger partial charge is 0.255 e. The Morgan fingerprint density at radius 2 is 2.03 bits per heavy atom. The highest BCUT2D eigenvalue weighted by Crippen LogP contribution is 2.39. The van der Waals surface area contributed by atoms with Crippen LogP contribution < -0.4 is 10.6 Å². The Hall–Kier alpha value is -2.92. The number of carbonyl (C=O) groups is 1. The monoisotopic (exact) mass is 482 g/mol. The van der Waals surface area contributed by atoms with Gasteiger partial charge < -0.3 is 15.7 Å². The van der Waals surface area contributed by atoms with Gasteiger partial charge in [0.15, 0.2) is 5.65 Å². The van der Waals surface area contributed by atoms with Crippen LogP contribution in [0.4, 0.5) is 18.9 Å². The number of halogens is 4. The van der Waals surface area contributed by atoms with Crippen molar-refractivity contribution in [3.05, 3.63) is 41.3 Å². The second kappa shape index (κ2) is 8.45. The van der Waals surface area contributed by atoms with Gasteiger partial charge in [-0.1, -0.05) is 11.6 Å². The highest BCUT2D eigenvalue weighted by atomic mass is 35.5. The summed E-state index contributed by atoms with van der Waals surface area (Å²) in [4.78, 5) is 21.3. The number of carbonyl (C=O) groups excluding carboxylic acids is 1. The lowest BCUT2D eigenvalue weighted by molar-refractivity contribution is -0.0793. The molecule has 3 aromatic heterocycles. The van der Waals surface area contributed by atoms with Gasteiger partial charge in [-0.15, -0.1) is 0 Å². The van der Waals surface area contributed by atoms with Crippen LogP contribution in [0.15, 0.2) is 30.7 Å². The second-order valence-corrected chi connectivity index (χ2v) is 9.08. The molecule has 0 radical (unpaired) electrons. The van der Waals surface area contributed by atoms with Gasteiger partial charge in [0.05, 0.1) is 46.5 Å². The number of aliphatic hydroxyl groups is 1. The number of alkyl halides is 3. The zero-order valence-corrected chi connectivity index (χ0v) is 18.6. The predicted octanol–water partition coefficient (Wildman–Crippen LogP) is 3.49. The summed E-state index contributed by atoms with van der Waals surface area (Å²) in [6, 6.07) is 2.62. The molecule has 1 aliphatic rings. The topological polar surface area (TPSA) is 104 Å². The van der Waals surface area contributed by atoms with Crippen molar-refractivity contribution in [1.29, 1.82) is 0 Å². The normalized spacial score (nSPS) is 16.9. The van der Waals surface area contributed by atoms with Crippen LogP contribution >= 0.6 is 11.6 Å². The van der Waals surface area contributed by atoms with Crippen LogP contribution in [0.5, 0.6) is 0 Å². The maximum atomic E-state index is 14.1. The number of imidazole rings is 1. The molecule has 12 heteroatoms. The van der Waals surface area contributed by atoms with Crippen molar-refractivity contribution in [2.75, 3.05) is 11.9 Å². The SMILES string of the molecule is CC(C)(O)[C@H](F)CNC(=O)c1cnc(-c2cnc3cc(Cl)cnn23)cc1NC1CC(F)(F)C1. The number of rotatable bonds is 7. The molecule has 3 heterocycles. The third kappa shape index (κ3) is 5.03. The summed E-state index contributed by atoms with van der Waals surface area (Å²) in [7, 11) is 0. The Kier molecular flexibility index (Phi) is 5.95. The molecule has 3 aromatic rings. The molecular weight excluding hydrogens is 461 g/mol. The molecule has 176 valence electrons. The molecule has 1 fully saturated rings. The van der Waals surface area contributed by atoms with E-state index in [-0.39, 0.29) is 24.1 Å². The van der Waals surface area contributed by atoms with Crippen LogP contribution in [0.3, 0.4) is 0 Å². The first-order valence-corrected chi connectivity index (χ1v) is 10.6. The van der Waals surface area contributed by atoms with Crippen LogP contribution in [-0.2, 0) is 0 Å². The molecule has 4 rings (SSSR count). The lowest BCUT2D eigenvalue weighted by atomic mass is 9.88. The van der Waals surface area contributed by atoms with Gasteiger partial charge in [-0.25, -0.2) is 22.7 Å². The van der Waals surface area contributed by atoms with Crippen molar-refractivity contribution in [1.82, 2.24) is 24.9 Å². The van der Waals surface area contributed by atoms with E-state index in [1.807, 2.05) is 0 Å². The minimum absolute atomic E-state index is 0.0572. The van der Waals surface area contributed by atoms with Gasteiger partial charge in [0.2, 0.25) is 0 Å². The summed E-state index contributed by atoms with van der Waals surface area (Å²) in [5.74, 6) is -3.41. The number of nitrogens with one attached hydrogen (secondary N) is 2. The summed E-state index contributed by atoms with van der Waals surface area (Å²) >= 11 is 5.95. The Morgan fingerprint density at radius 1 is 1.30 bits per heavy atom. The van der Waals surface area contributed by atoms with Crippen molar-refractivity contribution in [3.8, 4) is 11.4 Å². The average Bonchev–Trinajstić information content (AvgIpc) is 3.12. The van der Waals surface area contributed by atoms with Crippen LogP contribution in [0.1, 0.15) is 37.0 Å². The molecule has 1 saturated carbocycles. The molecule has 0 unspecified atom stereocenters. The van der Waals surface area contributed by atoms with E-state index in [1.165, 1.54) is 43.0 Å². The first-order valence-electron chi connectivity index (χ1n) is 10.2. The highest BCUT2D eigenvalue weighted by molar-refractivity contribution is 6.30. The molecule has 8 nitrogen and oxygen atoms in total. The quantitative estimate of drug-likeness (QED) is 0.476. The fourth-order valence-corrected chi connectivity index (χ4v) is 3.58. The molecule has 33 heavy (non-hydrogen) atoms. The molecule has 0 aromatic carbocycles. The Balaban J connectivity index is 1.64. The van der Waals surface area contributed by atoms with Gasteiger partial charge in [-0.05, 0) is 19.9 Å². The van der Waals surface area contributed by atoms with E-state index in [0.29, 0.717) is 22.1 Å². The van der Waals surface area contributed by atoms with Gasteiger partial charge in [0, 0.05) is 31.1 Å². The Labute approximate surface area is 192 Å². The van der Waals surface area contributed by atoms with E-state index in [2.05, 4.69) is 25.7 Å². The fraction of sp³-hybridized carbons (Fsp3) is 0.429. The van der Waals surface area contributed by atoms with Crippen molar-refractivity contribution < 1.29 is 23.1 Å². The summed E-state index contributed by atoms with van der Waals surface area (Å²) in [5, 5.41) is 19.7. The summed E-state index contributed by atoms with van der Waals surface area (Å²) in [5.41, 5.74) is 0.0633. The largest absolute Gasteiger partial charge is 0.387 e. The number of anilines is 1. The summed E-state index contributed by atoms with van der Waals surface area (Å²) in [6.07, 6.45) is 1.80. The molecule has 3 N–H and O–H groups in total. The lowest BCUT2D eigenvalue weighted by Gasteiger charge is -2.36. The maximum Gasteiger partial charge on any atom is 0.255 e. The van der Waals surface area contributed by atoms with Crippen molar-refractivity contribution in [2.45, 2.75) is 50.4 Å². The van der Waals surface area contributed by atoms with Gasteiger partial charge >= 0.3 is 0 Å². The molecule has 0 aliphatic heterocycles. The number of hydrogen-bond donors (Lipinski definition) is 3. The predicted molar refractivity (Wildman–Crippen MR) is 116 cm³/mol. The van der Waals surface area contributed by atoms with Crippen molar-refractivity contribution in [3.63, 3.8) is 0 Å². The number of nitrogens with zero attached hydrogens (tertiary/aromatic N) is 4. The third-order valence-corrected chi connectivity index (χ3v) is 5.60. The molecule has 0 saturated heterocycles. The molecule has 1 aliphatic carbocycles. The molecule has 1 atom stereocenters. The van der Waals surface area contributed by atoms with E-state index in [1.54, 1.807) is 6.07 Å². The van der Waals surface area contributed by atoms with Gasteiger partial charge in [0.25, 0.3) is 11.8 Å². The zero-order chi connectivity index (χ0) is 24.0. The first-order chi connectivity index (χ1) is 15.4. The van der Waals surface area contributed by atoms with E-state index < -0.39 is 36.2 Å². The highest BCUT2D eigenvalue weighted by Gasteiger charge is 2.45. The molecule has 0 spiro atoms. The van der Waals surface area contributed by atoms with Crippen LogP contribution in [0.25, 0.3) is 17.0 Å². The summed E-state index contributed by atoms with van der Waals surface area (Å²) in [6.45, 7) is 2.16. The molecular formula is C21H22ClF3N6O2. The molecule has 1 amide bonds. The van der Waals surface area contributed by atoms with E-state index in [0.717, 1.165) is 0 Å². The number of aromatic nitrogens is 4. The zero-order valence-electron chi connectivity index (χ0n) is 17.8.